The van der Waals surface area contributed by atoms with Gasteiger partial charge in [0.1, 0.15) is 5.00 Å². The van der Waals surface area contributed by atoms with Gasteiger partial charge in [-0.2, -0.15) is 0 Å². The van der Waals surface area contributed by atoms with Gasteiger partial charge in [0.15, 0.2) is 0 Å². The van der Waals surface area contributed by atoms with E-state index in [1.54, 1.807) is 0 Å². The summed E-state index contributed by atoms with van der Waals surface area (Å²) < 4.78 is 0. The smallest absolute Gasteiger partial charge is 0.251 e. The lowest BCUT2D eigenvalue weighted by molar-refractivity contribution is -0.117. The number of anilines is 2. The van der Waals surface area contributed by atoms with Crippen molar-refractivity contribution in [2.24, 2.45) is 11.7 Å². The molecule has 2 aromatic rings. The molecule has 0 spiro atoms. The molecule has 2 amide bonds. The first kappa shape index (κ1) is 20.9. The lowest BCUT2D eigenvalue weighted by atomic mass is 9.88. The van der Waals surface area contributed by atoms with Crippen molar-refractivity contribution in [3.63, 3.8) is 0 Å². The van der Waals surface area contributed by atoms with Crippen LogP contribution in [0.25, 0.3) is 0 Å². The van der Waals surface area contributed by atoms with Crippen LogP contribution in [0.15, 0.2) is 24.3 Å². The molecule has 0 saturated carbocycles. The SMILES string of the molecule is Cc1ccccc1N1CCN(CC(=O)Nc2sc3c(c2C(N)=O)CCC(C)C3)CC1. The first-order valence-electron chi connectivity index (χ1n) is 10.7. The van der Waals surface area contributed by atoms with Crippen molar-refractivity contribution in [2.45, 2.75) is 33.1 Å². The maximum atomic E-state index is 12.7. The monoisotopic (exact) mass is 426 g/mol. The predicted molar refractivity (Wildman–Crippen MR) is 122 cm³/mol. The molecule has 7 heteroatoms. The van der Waals surface area contributed by atoms with Gasteiger partial charge in [-0.3, -0.25) is 14.5 Å². The summed E-state index contributed by atoms with van der Waals surface area (Å²) in [6.07, 6.45) is 2.88. The molecule has 160 valence electrons. The predicted octanol–water partition coefficient (Wildman–Crippen LogP) is 3.04. The number of para-hydroxylation sites is 1. The van der Waals surface area contributed by atoms with Crippen LogP contribution < -0.4 is 16.0 Å². The van der Waals surface area contributed by atoms with Gasteiger partial charge in [-0.15, -0.1) is 11.3 Å². The first-order valence-corrected chi connectivity index (χ1v) is 11.5. The molecule has 0 bridgehead atoms. The molecule has 2 aliphatic rings. The van der Waals surface area contributed by atoms with Gasteiger partial charge in [-0.1, -0.05) is 25.1 Å². The zero-order chi connectivity index (χ0) is 21.3. The Balaban J connectivity index is 1.37. The maximum Gasteiger partial charge on any atom is 0.251 e. The number of rotatable bonds is 5. The molecule has 1 fully saturated rings. The van der Waals surface area contributed by atoms with Gasteiger partial charge in [0.2, 0.25) is 5.91 Å². The van der Waals surface area contributed by atoms with E-state index in [2.05, 4.69) is 53.2 Å². The summed E-state index contributed by atoms with van der Waals surface area (Å²) in [6.45, 7) is 8.16. The van der Waals surface area contributed by atoms with Crippen LogP contribution in [0.5, 0.6) is 0 Å². The fraction of sp³-hybridized carbons (Fsp3) is 0.478. The number of nitrogens with two attached hydrogens (primary N) is 1. The zero-order valence-electron chi connectivity index (χ0n) is 17.7. The van der Waals surface area contributed by atoms with Crippen molar-refractivity contribution in [2.75, 3.05) is 42.9 Å². The van der Waals surface area contributed by atoms with Crippen molar-refractivity contribution in [3.05, 3.63) is 45.8 Å². The molecular formula is C23H30N4O2S. The number of piperazine rings is 1. The topological polar surface area (TPSA) is 78.7 Å². The van der Waals surface area contributed by atoms with Gasteiger partial charge in [-0.05, 0) is 49.3 Å². The molecule has 6 nitrogen and oxygen atoms in total. The maximum absolute atomic E-state index is 12.7. The van der Waals surface area contributed by atoms with Gasteiger partial charge in [0.05, 0.1) is 12.1 Å². The van der Waals surface area contributed by atoms with E-state index in [1.807, 2.05) is 0 Å². The standard InChI is InChI=1S/C23H30N4O2S/c1-15-7-8-17-19(13-15)30-23(21(17)22(24)29)25-20(28)14-26-9-11-27(12-10-26)18-6-4-3-5-16(18)2/h3-6,15H,7-14H2,1-2H3,(H2,24,29)(H,25,28). The van der Waals surface area contributed by atoms with Crippen LogP contribution in [0.1, 0.15) is 39.7 Å². The third-order valence-corrected chi connectivity index (χ3v) is 7.38. The van der Waals surface area contributed by atoms with E-state index in [-0.39, 0.29) is 5.91 Å². The van der Waals surface area contributed by atoms with Crippen molar-refractivity contribution in [1.29, 1.82) is 0 Å². The fourth-order valence-electron chi connectivity index (χ4n) is 4.53. The van der Waals surface area contributed by atoms with E-state index >= 15 is 0 Å². The van der Waals surface area contributed by atoms with E-state index in [9.17, 15) is 9.59 Å². The summed E-state index contributed by atoms with van der Waals surface area (Å²) in [6, 6.07) is 8.41. The van der Waals surface area contributed by atoms with Gasteiger partial charge < -0.3 is 16.0 Å². The highest BCUT2D eigenvalue weighted by Gasteiger charge is 2.28. The van der Waals surface area contributed by atoms with Gasteiger partial charge in [0, 0.05) is 36.7 Å². The molecule has 30 heavy (non-hydrogen) atoms. The minimum absolute atomic E-state index is 0.0755. The van der Waals surface area contributed by atoms with E-state index in [4.69, 9.17) is 5.73 Å². The molecule has 1 saturated heterocycles. The number of benzene rings is 1. The van der Waals surface area contributed by atoms with E-state index in [0.717, 1.165) is 51.0 Å². The average Bonchev–Trinajstić information content (AvgIpc) is 3.06. The lowest BCUT2D eigenvalue weighted by Crippen LogP contribution is -2.48. The average molecular weight is 427 g/mol. The summed E-state index contributed by atoms with van der Waals surface area (Å²) in [5.41, 5.74) is 9.78. The largest absolute Gasteiger partial charge is 0.369 e. The van der Waals surface area contributed by atoms with Crippen LogP contribution in [0.4, 0.5) is 10.7 Å². The first-order chi connectivity index (χ1) is 14.4. The highest BCUT2D eigenvalue weighted by atomic mass is 32.1. The highest BCUT2D eigenvalue weighted by molar-refractivity contribution is 7.17. The Hall–Kier alpha value is -2.38. The zero-order valence-corrected chi connectivity index (χ0v) is 18.6. The highest BCUT2D eigenvalue weighted by Crippen LogP contribution is 2.39. The molecule has 2 heterocycles. The minimum atomic E-state index is -0.441. The number of hydrogen-bond acceptors (Lipinski definition) is 5. The normalized spacial score (nSPS) is 19.4. The van der Waals surface area contributed by atoms with E-state index in [1.165, 1.54) is 27.5 Å². The number of carbonyl (C=O) groups excluding carboxylic acids is 2. The molecule has 1 aliphatic heterocycles. The molecule has 1 unspecified atom stereocenters. The van der Waals surface area contributed by atoms with Crippen LogP contribution in [0.2, 0.25) is 0 Å². The van der Waals surface area contributed by atoms with Crippen LogP contribution in [0.3, 0.4) is 0 Å². The number of hydrogen-bond donors (Lipinski definition) is 2. The number of nitrogens with zero attached hydrogens (tertiary/aromatic N) is 2. The minimum Gasteiger partial charge on any atom is -0.369 e. The quantitative estimate of drug-likeness (QED) is 0.770. The van der Waals surface area contributed by atoms with Crippen LogP contribution >= 0.6 is 11.3 Å². The van der Waals surface area contributed by atoms with Gasteiger partial charge in [0.25, 0.3) is 5.91 Å². The second-order valence-electron chi connectivity index (χ2n) is 8.52. The second-order valence-corrected chi connectivity index (χ2v) is 9.62. The van der Waals surface area contributed by atoms with E-state index in [0.29, 0.717) is 23.0 Å². The van der Waals surface area contributed by atoms with Crippen molar-refractivity contribution in [3.8, 4) is 0 Å². The summed E-state index contributed by atoms with van der Waals surface area (Å²) in [4.78, 5) is 30.5. The van der Waals surface area contributed by atoms with Crippen molar-refractivity contribution >= 4 is 33.8 Å². The molecule has 1 atom stereocenters. The Morgan fingerprint density at radius 3 is 2.63 bits per heavy atom. The summed E-state index contributed by atoms with van der Waals surface area (Å²) >= 11 is 1.52. The third kappa shape index (κ3) is 4.37. The van der Waals surface area contributed by atoms with E-state index < -0.39 is 5.91 Å². The molecule has 1 aromatic heterocycles. The summed E-state index contributed by atoms with van der Waals surface area (Å²) in [5.74, 6) is 0.0858. The number of thiophene rings is 1. The summed E-state index contributed by atoms with van der Waals surface area (Å²) in [5, 5.41) is 3.62. The Bertz CT molecular complexity index is 947. The number of amides is 2. The number of fused-ring (bicyclic) bond motifs is 1. The Kier molecular flexibility index (Phi) is 6.11. The number of primary amides is 1. The summed E-state index contributed by atoms with van der Waals surface area (Å²) in [7, 11) is 0. The Morgan fingerprint density at radius 2 is 1.93 bits per heavy atom. The lowest BCUT2D eigenvalue weighted by Gasteiger charge is -2.36. The Labute approximate surface area is 182 Å². The van der Waals surface area contributed by atoms with Crippen LogP contribution in [-0.4, -0.2) is 49.4 Å². The molecule has 1 aromatic carbocycles. The third-order valence-electron chi connectivity index (χ3n) is 6.21. The molecular weight excluding hydrogens is 396 g/mol. The number of aryl methyl sites for hydroxylation is 1. The van der Waals surface area contributed by atoms with Gasteiger partial charge >= 0.3 is 0 Å². The second kappa shape index (κ2) is 8.78. The number of nitrogens with one attached hydrogen (secondary N) is 1. The van der Waals surface area contributed by atoms with Crippen LogP contribution in [0, 0.1) is 12.8 Å². The number of carbonyl (C=O) groups is 2. The molecule has 4 rings (SSSR count). The van der Waals surface area contributed by atoms with Crippen molar-refractivity contribution < 1.29 is 9.59 Å². The molecule has 3 N–H and O–H groups in total. The van der Waals surface area contributed by atoms with Gasteiger partial charge in [-0.25, -0.2) is 0 Å². The van der Waals surface area contributed by atoms with Crippen molar-refractivity contribution in [1.82, 2.24) is 4.90 Å². The molecule has 1 aliphatic carbocycles. The molecule has 0 radical (unpaired) electrons. The van der Waals surface area contributed by atoms with Crippen LogP contribution in [-0.2, 0) is 17.6 Å². The Morgan fingerprint density at radius 1 is 1.20 bits per heavy atom. The fourth-order valence-corrected chi connectivity index (χ4v) is 5.97.